The summed E-state index contributed by atoms with van der Waals surface area (Å²) in [4.78, 5) is 24.6. The van der Waals surface area contributed by atoms with Gasteiger partial charge in [0.05, 0.1) is 12.6 Å². The second-order valence-electron chi connectivity index (χ2n) is 6.55. The molecule has 0 bridgehead atoms. The summed E-state index contributed by atoms with van der Waals surface area (Å²) in [5.41, 5.74) is 3.71. The Hall–Kier alpha value is -2.96. The van der Waals surface area contributed by atoms with Crippen LogP contribution in [0.25, 0.3) is 0 Å². The van der Waals surface area contributed by atoms with Crippen molar-refractivity contribution in [3.63, 3.8) is 0 Å². The van der Waals surface area contributed by atoms with Gasteiger partial charge in [-0.05, 0) is 48.2 Å². The Morgan fingerprint density at radius 2 is 1.57 bits per heavy atom. The number of rotatable bonds is 7. The summed E-state index contributed by atoms with van der Waals surface area (Å²) >= 11 is 1.66. The highest BCUT2D eigenvalue weighted by molar-refractivity contribution is 7.10. The lowest BCUT2D eigenvalue weighted by Gasteiger charge is -2.18. The highest BCUT2D eigenvalue weighted by atomic mass is 32.1. The van der Waals surface area contributed by atoms with E-state index in [0.29, 0.717) is 11.4 Å². The first-order chi connectivity index (χ1) is 13.5. The molecule has 2 aromatic carbocycles. The van der Waals surface area contributed by atoms with E-state index in [4.69, 9.17) is 0 Å². The van der Waals surface area contributed by atoms with Crippen LogP contribution in [-0.4, -0.2) is 18.4 Å². The van der Waals surface area contributed by atoms with Crippen molar-refractivity contribution >= 4 is 34.5 Å². The Labute approximate surface area is 168 Å². The SMILES string of the molecule is CC(=O)Nc1ccc(NC(=O)CN[C@@H](c2ccc(C)cc2)c2cccs2)cc1. The predicted octanol–water partition coefficient (Wildman–Crippen LogP) is 4.33. The van der Waals surface area contributed by atoms with E-state index < -0.39 is 0 Å². The normalized spacial score (nSPS) is 11.6. The summed E-state index contributed by atoms with van der Waals surface area (Å²) in [5.74, 6) is -0.252. The lowest BCUT2D eigenvalue weighted by molar-refractivity contribution is -0.115. The number of thiophene rings is 1. The van der Waals surface area contributed by atoms with Crippen LogP contribution in [0.15, 0.2) is 66.0 Å². The summed E-state index contributed by atoms with van der Waals surface area (Å²) < 4.78 is 0. The predicted molar refractivity (Wildman–Crippen MR) is 115 cm³/mol. The summed E-state index contributed by atoms with van der Waals surface area (Å²) in [6.07, 6.45) is 0. The van der Waals surface area contributed by atoms with Crippen LogP contribution >= 0.6 is 11.3 Å². The third-order valence-electron chi connectivity index (χ3n) is 4.19. The molecule has 3 aromatic rings. The van der Waals surface area contributed by atoms with E-state index in [0.717, 1.165) is 10.4 Å². The van der Waals surface area contributed by atoms with Crippen LogP contribution in [0.5, 0.6) is 0 Å². The van der Waals surface area contributed by atoms with Gasteiger partial charge in [-0.2, -0.15) is 0 Å². The lowest BCUT2D eigenvalue weighted by Crippen LogP contribution is -2.31. The molecule has 144 valence electrons. The number of carbonyl (C=O) groups excluding carboxylic acids is 2. The summed E-state index contributed by atoms with van der Waals surface area (Å²) in [7, 11) is 0. The molecule has 1 aromatic heterocycles. The first-order valence-electron chi connectivity index (χ1n) is 9.02. The largest absolute Gasteiger partial charge is 0.326 e. The molecule has 0 saturated carbocycles. The van der Waals surface area contributed by atoms with Gasteiger partial charge in [0.15, 0.2) is 0 Å². The van der Waals surface area contributed by atoms with E-state index in [1.165, 1.54) is 12.5 Å². The third kappa shape index (κ3) is 5.52. The molecule has 28 heavy (non-hydrogen) atoms. The first-order valence-corrected chi connectivity index (χ1v) is 9.90. The second-order valence-corrected chi connectivity index (χ2v) is 7.53. The number of hydrogen-bond acceptors (Lipinski definition) is 4. The topological polar surface area (TPSA) is 70.2 Å². The molecule has 2 amide bonds. The average molecular weight is 394 g/mol. The van der Waals surface area contributed by atoms with Crippen LogP contribution in [0, 0.1) is 6.92 Å². The van der Waals surface area contributed by atoms with Crippen LogP contribution in [0.3, 0.4) is 0 Å². The minimum absolute atomic E-state index is 0.0338. The Kier molecular flexibility index (Phi) is 6.57. The van der Waals surface area contributed by atoms with Gasteiger partial charge < -0.3 is 10.6 Å². The van der Waals surface area contributed by atoms with Crippen LogP contribution in [0.1, 0.15) is 29.0 Å². The van der Waals surface area contributed by atoms with Gasteiger partial charge in [-0.1, -0.05) is 35.9 Å². The van der Waals surface area contributed by atoms with Gasteiger partial charge in [0.25, 0.3) is 0 Å². The van der Waals surface area contributed by atoms with Crippen LogP contribution in [0.2, 0.25) is 0 Å². The first kappa shape index (κ1) is 19.8. The smallest absolute Gasteiger partial charge is 0.238 e. The maximum absolute atomic E-state index is 12.4. The Morgan fingerprint density at radius 1 is 0.929 bits per heavy atom. The van der Waals surface area contributed by atoms with Gasteiger partial charge in [-0.15, -0.1) is 11.3 Å². The fourth-order valence-electron chi connectivity index (χ4n) is 2.84. The van der Waals surface area contributed by atoms with Gasteiger partial charge in [-0.3, -0.25) is 14.9 Å². The second kappa shape index (κ2) is 9.30. The molecule has 0 aliphatic heterocycles. The summed E-state index contributed by atoms with van der Waals surface area (Å²) in [6.45, 7) is 3.70. The molecule has 5 nitrogen and oxygen atoms in total. The molecular formula is C22H23N3O2S. The van der Waals surface area contributed by atoms with Crippen molar-refractivity contribution in [1.82, 2.24) is 5.32 Å². The minimum atomic E-state index is -0.128. The van der Waals surface area contributed by atoms with E-state index in [1.54, 1.807) is 35.6 Å². The van der Waals surface area contributed by atoms with Crippen molar-refractivity contribution in [3.8, 4) is 0 Å². The fourth-order valence-corrected chi connectivity index (χ4v) is 3.66. The van der Waals surface area contributed by atoms with E-state index in [1.807, 2.05) is 11.4 Å². The molecule has 1 atom stereocenters. The number of hydrogen-bond donors (Lipinski definition) is 3. The number of carbonyl (C=O) groups is 2. The maximum atomic E-state index is 12.4. The molecular weight excluding hydrogens is 370 g/mol. The maximum Gasteiger partial charge on any atom is 0.238 e. The van der Waals surface area contributed by atoms with Crippen molar-refractivity contribution in [2.75, 3.05) is 17.2 Å². The van der Waals surface area contributed by atoms with Crippen molar-refractivity contribution < 1.29 is 9.59 Å². The van der Waals surface area contributed by atoms with Crippen molar-refractivity contribution in [3.05, 3.63) is 82.0 Å². The Bertz CT molecular complexity index is 919. The van der Waals surface area contributed by atoms with Gasteiger partial charge in [0.2, 0.25) is 11.8 Å². The zero-order chi connectivity index (χ0) is 19.9. The molecule has 0 aliphatic rings. The van der Waals surface area contributed by atoms with Gasteiger partial charge >= 0.3 is 0 Å². The molecule has 0 fully saturated rings. The molecule has 0 radical (unpaired) electrons. The molecule has 3 rings (SSSR count). The standard InChI is InChI=1S/C22H23N3O2S/c1-15-5-7-17(8-6-15)22(20-4-3-13-28-20)23-14-21(27)25-19-11-9-18(10-12-19)24-16(2)26/h3-13,22-23H,14H2,1-2H3,(H,24,26)(H,25,27)/t22-/m0/s1. The minimum Gasteiger partial charge on any atom is -0.326 e. The van der Waals surface area contributed by atoms with E-state index >= 15 is 0 Å². The van der Waals surface area contributed by atoms with Crippen LogP contribution in [0.4, 0.5) is 11.4 Å². The number of benzene rings is 2. The molecule has 0 aliphatic carbocycles. The molecule has 6 heteroatoms. The van der Waals surface area contributed by atoms with Gasteiger partial charge in [0.1, 0.15) is 0 Å². The molecule has 1 heterocycles. The van der Waals surface area contributed by atoms with Crippen LogP contribution in [-0.2, 0) is 9.59 Å². The van der Waals surface area contributed by atoms with Gasteiger partial charge in [-0.25, -0.2) is 0 Å². The Balaban J connectivity index is 1.62. The highest BCUT2D eigenvalue weighted by Gasteiger charge is 2.16. The molecule has 3 N–H and O–H groups in total. The van der Waals surface area contributed by atoms with Crippen molar-refractivity contribution in [1.29, 1.82) is 0 Å². The van der Waals surface area contributed by atoms with Crippen molar-refractivity contribution in [2.45, 2.75) is 19.9 Å². The monoisotopic (exact) mass is 393 g/mol. The third-order valence-corrected chi connectivity index (χ3v) is 5.13. The number of nitrogens with one attached hydrogen (secondary N) is 3. The molecule has 0 spiro atoms. The van der Waals surface area contributed by atoms with E-state index in [9.17, 15) is 9.59 Å². The van der Waals surface area contributed by atoms with Crippen LogP contribution < -0.4 is 16.0 Å². The van der Waals surface area contributed by atoms with Gasteiger partial charge in [0, 0.05) is 23.2 Å². The zero-order valence-corrected chi connectivity index (χ0v) is 16.7. The Morgan fingerprint density at radius 3 is 2.14 bits per heavy atom. The quantitative estimate of drug-likeness (QED) is 0.559. The zero-order valence-electron chi connectivity index (χ0n) is 15.9. The average Bonchev–Trinajstić information content (AvgIpc) is 3.19. The number of amides is 2. The van der Waals surface area contributed by atoms with E-state index in [-0.39, 0.29) is 24.4 Å². The number of anilines is 2. The summed E-state index contributed by atoms with van der Waals surface area (Å²) in [5, 5.41) is 11.0. The molecule has 0 saturated heterocycles. The lowest BCUT2D eigenvalue weighted by atomic mass is 10.0. The molecule has 0 unspecified atom stereocenters. The van der Waals surface area contributed by atoms with E-state index in [2.05, 4.69) is 53.2 Å². The highest BCUT2D eigenvalue weighted by Crippen LogP contribution is 2.26. The number of aryl methyl sites for hydroxylation is 1. The fraction of sp³-hybridized carbons (Fsp3) is 0.182. The van der Waals surface area contributed by atoms with Crippen molar-refractivity contribution in [2.24, 2.45) is 0 Å². The summed E-state index contributed by atoms with van der Waals surface area (Å²) in [6, 6.07) is 19.4.